The fourth-order valence-electron chi connectivity index (χ4n) is 4.29. The molecular weight excluding hydrogens is 426 g/mol. The number of likely N-dealkylation sites (tertiary alicyclic amines) is 1. The van der Waals surface area contributed by atoms with E-state index in [0.29, 0.717) is 24.1 Å². The number of methoxy groups -OCH3 is 1. The van der Waals surface area contributed by atoms with Crippen molar-refractivity contribution in [3.8, 4) is 45.5 Å². The summed E-state index contributed by atoms with van der Waals surface area (Å²) in [5.74, 6) is 2.38. The van der Waals surface area contributed by atoms with Crippen LogP contribution in [0.25, 0.3) is 34.0 Å². The zero-order valence-electron chi connectivity index (χ0n) is 19.4. The second-order valence-electron chi connectivity index (χ2n) is 8.48. The van der Waals surface area contributed by atoms with Crippen LogP contribution in [0.5, 0.6) is 11.5 Å². The number of ether oxygens (including phenoxy) is 2. The Kier molecular flexibility index (Phi) is 6.86. The summed E-state index contributed by atoms with van der Waals surface area (Å²) >= 11 is 0. The van der Waals surface area contributed by atoms with Gasteiger partial charge in [-0.2, -0.15) is 4.98 Å². The molecular formula is C28H29N3O3. The predicted octanol–water partition coefficient (Wildman–Crippen LogP) is 5.94. The van der Waals surface area contributed by atoms with Crippen LogP contribution < -0.4 is 9.47 Å². The number of benzene rings is 3. The van der Waals surface area contributed by atoms with Crippen molar-refractivity contribution < 1.29 is 14.0 Å². The van der Waals surface area contributed by atoms with Crippen LogP contribution >= 0.6 is 0 Å². The maximum absolute atomic E-state index is 6.01. The summed E-state index contributed by atoms with van der Waals surface area (Å²) in [5, 5.41) is 4.18. The van der Waals surface area contributed by atoms with Crippen LogP contribution in [0, 0.1) is 0 Å². The number of hydrogen-bond donors (Lipinski definition) is 0. The average molecular weight is 456 g/mol. The topological polar surface area (TPSA) is 60.6 Å². The lowest BCUT2D eigenvalue weighted by atomic mass is 10.0. The van der Waals surface area contributed by atoms with Gasteiger partial charge in [0.2, 0.25) is 5.82 Å². The standard InChI is InChI=1S/C28H29N3O3/c1-32-26-20-24(14-15-25(26)33-19-18-31-16-6-3-7-17-31)27-29-28(34-30-27)23-12-10-22(11-13-23)21-8-4-2-5-9-21/h2,4-5,8-15,20H,3,6-7,16-19H2,1H3. The molecule has 1 saturated heterocycles. The van der Waals surface area contributed by atoms with Crippen molar-refractivity contribution in [3.05, 3.63) is 72.8 Å². The third kappa shape index (κ3) is 5.13. The third-order valence-corrected chi connectivity index (χ3v) is 6.20. The minimum Gasteiger partial charge on any atom is -0.493 e. The van der Waals surface area contributed by atoms with Gasteiger partial charge in [-0.3, -0.25) is 4.90 Å². The summed E-state index contributed by atoms with van der Waals surface area (Å²) in [6.07, 6.45) is 3.90. The Morgan fingerprint density at radius 3 is 2.26 bits per heavy atom. The van der Waals surface area contributed by atoms with E-state index in [1.807, 2.05) is 48.5 Å². The first kappa shape index (κ1) is 22.2. The van der Waals surface area contributed by atoms with Gasteiger partial charge in [0.15, 0.2) is 11.5 Å². The molecule has 0 N–H and O–H groups in total. The van der Waals surface area contributed by atoms with Gasteiger partial charge in [-0.05, 0) is 67.4 Å². The lowest BCUT2D eigenvalue weighted by Gasteiger charge is -2.26. The number of hydrogen-bond acceptors (Lipinski definition) is 6. The van der Waals surface area contributed by atoms with Gasteiger partial charge in [-0.15, -0.1) is 0 Å². The number of aromatic nitrogens is 2. The molecule has 0 atom stereocenters. The van der Waals surface area contributed by atoms with Gasteiger partial charge >= 0.3 is 0 Å². The van der Waals surface area contributed by atoms with E-state index in [1.54, 1.807) is 7.11 Å². The first-order valence-electron chi connectivity index (χ1n) is 11.8. The second-order valence-corrected chi connectivity index (χ2v) is 8.48. The molecule has 3 aromatic carbocycles. The van der Waals surface area contributed by atoms with Gasteiger partial charge in [0, 0.05) is 17.7 Å². The Morgan fingerprint density at radius 1 is 0.794 bits per heavy atom. The summed E-state index contributed by atoms with van der Waals surface area (Å²) in [6, 6.07) is 24.1. The van der Waals surface area contributed by atoms with Crippen molar-refractivity contribution in [2.45, 2.75) is 19.3 Å². The van der Waals surface area contributed by atoms with Gasteiger partial charge in [0.05, 0.1) is 7.11 Å². The van der Waals surface area contributed by atoms with E-state index >= 15 is 0 Å². The first-order valence-corrected chi connectivity index (χ1v) is 11.8. The van der Waals surface area contributed by atoms with Crippen LogP contribution in [0.2, 0.25) is 0 Å². The Labute approximate surface area is 200 Å². The monoisotopic (exact) mass is 455 g/mol. The molecule has 0 unspecified atom stereocenters. The van der Waals surface area contributed by atoms with Crippen LogP contribution in [-0.2, 0) is 0 Å². The van der Waals surface area contributed by atoms with E-state index in [-0.39, 0.29) is 0 Å². The quantitative estimate of drug-likeness (QED) is 0.327. The molecule has 1 aromatic heterocycles. The summed E-state index contributed by atoms with van der Waals surface area (Å²) < 4.78 is 17.1. The van der Waals surface area contributed by atoms with Crippen molar-refractivity contribution in [2.24, 2.45) is 0 Å². The summed E-state index contributed by atoms with van der Waals surface area (Å²) in [6.45, 7) is 3.90. The summed E-state index contributed by atoms with van der Waals surface area (Å²) in [4.78, 5) is 7.06. The second kappa shape index (κ2) is 10.5. The molecule has 0 spiro atoms. The Balaban J connectivity index is 1.26. The van der Waals surface area contributed by atoms with E-state index in [9.17, 15) is 0 Å². The molecule has 174 valence electrons. The number of piperidine rings is 1. The van der Waals surface area contributed by atoms with Crippen LogP contribution in [0.1, 0.15) is 19.3 Å². The maximum atomic E-state index is 6.01. The predicted molar refractivity (Wildman–Crippen MR) is 133 cm³/mol. The Bertz CT molecular complexity index is 1200. The van der Waals surface area contributed by atoms with Gasteiger partial charge < -0.3 is 14.0 Å². The molecule has 0 amide bonds. The molecule has 0 aliphatic carbocycles. The van der Waals surface area contributed by atoms with Crippen LogP contribution in [0.3, 0.4) is 0 Å². The van der Waals surface area contributed by atoms with Crippen LogP contribution in [-0.4, -0.2) is 48.4 Å². The average Bonchev–Trinajstić information content (AvgIpc) is 3.40. The fourth-order valence-corrected chi connectivity index (χ4v) is 4.29. The molecule has 1 fully saturated rings. The highest BCUT2D eigenvalue weighted by atomic mass is 16.5. The van der Waals surface area contributed by atoms with E-state index < -0.39 is 0 Å². The van der Waals surface area contributed by atoms with E-state index in [0.717, 1.165) is 42.1 Å². The molecule has 4 aromatic rings. The van der Waals surface area contributed by atoms with Crippen LogP contribution in [0.4, 0.5) is 0 Å². The summed E-state index contributed by atoms with van der Waals surface area (Å²) in [7, 11) is 1.65. The fraction of sp³-hybridized carbons (Fsp3) is 0.286. The number of rotatable bonds is 8. The van der Waals surface area contributed by atoms with Crippen molar-refractivity contribution in [1.29, 1.82) is 0 Å². The number of nitrogens with zero attached hydrogens (tertiary/aromatic N) is 3. The molecule has 0 radical (unpaired) electrons. The normalized spacial score (nSPS) is 14.1. The Hall–Kier alpha value is -3.64. The van der Waals surface area contributed by atoms with Gasteiger partial charge in [0.1, 0.15) is 6.61 Å². The molecule has 2 heterocycles. The molecule has 5 rings (SSSR count). The lowest BCUT2D eigenvalue weighted by molar-refractivity contribution is 0.180. The zero-order chi connectivity index (χ0) is 23.2. The zero-order valence-corrected chi connectivity index (χ0v) is 19.4. The van der Waals surface area contributed by atoms with E-state index in [1.165, 1.54) is 24.8 Å². The van der Waals surface area contributed by atoms with Gasteiger partial charge in [0.25, 0.3) is 5.89 Å². The molecule has 6 heteroatoms. The highest BCUT2D eigenvalue weighted by Gasteiger charge is 2.15. The molecule has 1 aliphatic heterocycles. The first-order chi connectivity index (χ1) is 16.8. The van der Waals surface area contributed by atoms with Crippen molar-refractivity contribution in [2.75, 3.05) is 33.4 Å². The molecule has 0 bridgehead atoms. The highest BCUT2D eigenvalue weighted by molar-refractivity contribution is 5.68. The minimum absolute atomic E-state index is 0.482. The van der Waals surface area contributed by atoms with Gasteiger partial charge in [-0.1, -0.05) is 54.0 Å². The van der Waals surface area contributed by atoms with E-state index in [4.69, 9.17) is 14.0 Å². The third-order valence-electron chi connectivity index (χ3n) is 6.20. The smallest absolute Gasteiger partial charge is 0.258 e. The maximum Gasteiger partial charge on any atom is 0.258 e. The SMILES string of the molecule is COc1cc(-c2noc(-c3ccc(-c4ccccc4)cc3)n2)ccc1OCCN1CCCCC1. The van der Waals surface area contributed by atoms with Crippen molar-refractivity contribution >= 4 is 0 Å². The minimum atomic E-state index is 0.482. The molecule has 34 heavy (non-hydrogen) atoms. The highest BCUT2D eigenvalue weighted by Crippen LogP contribution is 2.32. The molecule has 1 aliphatic rings. The Morgan fingerprint density at radius 2 is 1.50 bits per heavy atom. The van der Waals surface area contributed by atoms with Crippen molar-refractivity contribution in [1.82, 2.24) is 15.0 Å². The van der Waals surface area contributed by atoms with E-state index in [2.05, 4.69) is 39.3 Å². The largest absolute Gasteiger partial charge is 0.493 e. The molecule has 6 nitrogen and oxygen atoms in total. The van der Waals surface area contributed by atoms with Crippen molar-refractivity contribution in [3.63, 3.8) is 0 Å². The van der Waals surface area contributed by atoms with Gasteiger partial charge in [-0.25, -0.2) is 0 Å². The van der Waals surface area contributed by atoms with Crippen LogP contribution in [0.15, 0.2) is 77.3 Å². The summed E-state index contributed by atoms with van der Waals surface area (Å²) in [5.41, 5.74) is 4.01. The lowest BCUT2D eigenvalue weighted by Crippen LogP contribution is -2.33. The molecule has 0 saturated carbocycles.